The molecule has 5 heteroatoms. The van der Waals surface area contributed by atoms with Crippen LogP contribution in [0.25, 0.3) is 0 Å². The van der Waals surface area contributed by atoms with Gasteiger partial charge in [0.2, 0.25) is 4.80 Å². The fourth-order valence-corrected chi connectivity index (χ4v) is 3.15. The van der Waals surface area contributed by atoms with E-state index in [9.17, 15) is 0 Å². The summed E-state index contributed by atoms with van der Waals surface area (Å²) >= 11 is 1.57. The molecule has 2 heterocycles. The minimum absolute atomic E-state index is 0.157. The Balaban J connectivity index is 1.90. The number of pyridine rings is 1. The minimum Gasteiger partial charge on any atom is -0.262 e. The van der Waals surface area contributed by atoms with E-state index in [1.807, 2.05) is 29.9 Å². The molecular formula is C20H22N4S. The minimum atomic E-state index is 0.157. The summed E-state index contributed by atoms with van der Waals surface area (Å²) in [6.45, 7) is 8.67. The smallest absolute Gasteiger partial charge is 0.211 e. The fraction of sp³-hybridized carbons (Fsp3) is 0.250. The van der Waals surface area contributed by atoms with Crippen molar-refractivity contribution in [2.45, 2.75) is 33.1 Å². The second kappa shape index (κ2) is 7.15. The van der Waals surface area contributed by atoms with Crippen LogP contribution in [0.4, 0.5) is 5.69 Å². The Bertz CT molecular complexity index is 926. The summed E-state index contributed by atoms with van der Waals surface area (Å²) < 4.78 is 1.86. The maximum Gasteiger partial charge on any atom is 0.211 e. The number of nitrogens with zero attached hydrogens (tertiary/aromatic N) is 4. The highest BCUT2D eigenvalue weighted by Gasteiger charge is 2.12. The van der Waals surface area contributed by atoms with E-state index in [1.54, 1.807) is 23.7 Å². The molecular weight excluding hydrogens is 328 g/mol. The number of thiazole rings is 1. The van der Waals surface area contributed by atoms with Crippen LogP contribution in [0, 0.1) is 6.92 Å². The van der Waals surface area contributed by atoms with E-state index in [4.69, 9.17) is 0 Å². The SMILES string of the molecule is Cc1csc(=Nc2cccnc2)n1N=Cc1ccc(C(C)(C)C)cc1. The van der Waals surface area contributed by atoms with Crippen molar-refractivity contribution >= 4 is 23.2 Å². The lowest BCUT2D eigenvalue weighted by Crippen LogP contribution is -2.12. The van der Waals surface area contributed by atoms with Crippen LogP contribution in [-0.2, 0) is 5.41 Å². The lowest BCUT2D eigenvalue weighted by molar-refractivity contribution is 0.590. The van der Waals surface area contributed by atoms with Gasteiger partial charge in [0.15, 0.2) is 0 Å². The summed E-state index contributed by atoms with van der Waals surface area (Å²) in [5, 5.41) is 6.66. The highest BCUT2D eigenvalue weighted by Crippen LogP contribution is 2.21. The van der Waals surface area contributed by atoms with Gasteiger partial charge in [-0.25, -0.2) is 9.67 Å². The van der Waals surface area contributed by atoms with Crippen molar-refractivity contribution in [3.63, 3.8) is 0 Å². The molecule has 0 saturated carbocycles. The molecule has 2 aromatic heterocycles. The number of rotatable bonds is 3. The van der Waals surface area contributed by atoms with Crippen molar-refractivity contribution in [1.29, 1.82) is 0 Å². The van der Waals surface area contributed by atoms with E-state index in [0.29, 0.717) is 0 Å². The van der Waals surface area contributed by atoms with Crippen LogP contribution in [0.2, 0.25) is 0 Å². The molecule has 0 fully saturated rings. The Hall–Kier alpha value is -2.53. The van der Waals surface area contributed by atoms with Crippen LogP contribution >= 0.6 is 11.3 Å². The van der Waals surface area contributed by atoms with Crippen molar-refractivity contribution in [2.75, 3.05) is 0 Å². The van der Waals surface area contributed by atoms with E-state index < -0.39 is 0 Å². The van der Waals surface area contributed by atoms with Crippen molar-refractivity contribution in [3.05, 3.63) is 75.8 Å². The van der Waals surface area contributed by atoms with Gasteiger partial charge in [-0.05, 0) is 35.6 Å². The van der Waals surface area contributed by atoms with E-state index >= 15 is 0 Å². The van der Waals surface area contributed by atoms with Gasteiger partial charge in [0.25, 0.3) is 0 Å². The summed E-state index contributed by atoms with van der Waals surface area (Å²) in [7, 11) is 0. The van der Waals surface area contributed by atoms with Crippen molar-refractivity contribution in [2.24, 2.45) is 10.1 Å². The van der Waals surface area contributed by atoms with E-state index in [-0.39, 0.29) is 5.41 Å². The van der Waals surface area contributed by atoms with Crippen molar-refractivity contribution < 1.29 is 0 Å². The highest BCUT2D eigenvalue weighted by molar-refractivity contribution is 7.07. The molecule has 0 aliphatic heterocycles. The molecule has 0 saturated heterocycles. The number of hydrogen-bond acceptors (Lipinski definition) is 4. The summed E-state index contributed by atoms with van der Waals surface area (Å²) in [6.07, 6.45) is 5.36. The third-order valence-corrected chi connectivity index (χ3v) is 4.75. The lowest BCUT2D eigenvalue weighted by atomic mass is 9.87. The second-order valence-corrected chi connectivity index (χ2v) is 7.75. The first-order chi connectivity index (χ1) is 11.9. The van der Waals surface area contributed by atoms with Gasteiger partial charge < -0.3 is 0 Å². The quantitative estimate of drug-likeness (QED) is 0.633. The number of aryl methyl sites for hydroxylation is 1. The normalized spacial score (nSPS) is 12.9. The average molecular weight is 350 g/mol. The molecule has 0 atom stereocenters. The third kappa shape index (κ3) is 4.31. The first-order valence-electron chi connectivity index (χ1n) is 8.20. The van der Waals surface area contributed by atoms with Gasteiger partial charge in [-0.15, -0.1) is 11.3 Å². The third-order valence-electron chi connectivity index (χ3n) is 3.82. The topological polar surface area (TPSA) is 42.5 Å². The Labute approximate surface area is 152 Å². The highest BCUT2D eigenvalue weighted by atomic mass is 32.1. The molecule has 0 radical (unpaired) electrons. The van der Waals surface area contributed by atoms with E-state index in [1.165, 1.54) is 5.56 Å². The first-order valence-corrected chi connectivity index (χ1v) is 9.08. The fourth-order valence-electron chi connectivity index (χ4n) is 2.33. The largest absolute Gasteiger partial charge is 0.262 e. The summed E-state index contributed by atoms with van der Waals surface area (Å²) in [5.41, 5.74) is 4.41. The van der Waals surface area contributed by atoms with Gasteiger partial charge in [-0.1, -0.05) is 45.0 Å². The van der Waals surface area contributed by atoms with E-state index in [2.05, 4.69) is 65.5 Å². The molecule has 1 aromatic carbocycles. The monoisotopic (exact) mass is 350 g/mol. The summed E-state index contributed by atoms with van der Waals surface area (Å²) in [5.74, 6) is 0. The molecule has 4 nitrogen and oxygen atoms in total. The van der Waals surface area contributed by atoms with Gasteiger partial charge in [-0.2, -0.15) is 5.10 Å². The second-order valence-electron chi connectivity index (χ2n) is 6.91. The summed E-state index contributed by atoms with van der Waals surface area (Å²) in [4.78, 5) is 9.55. The van der Waals surface area contributed by atoms with Crippen LogP contribution in [0.3, 0.4) is 0 Å². The molecule has 0 aliphatic rings. The van der Waals surface area contributed by atoms with E-state index in [0.717, 1.165) is 21.7 Å². The zero-order valence-electron chi connectivity index (χ0n) is 15.0. The molecule has 0 N–H and O–H groups in total. The Morgan fingerprint density at radius 3 is 2.52 bits per heavy atom. The summed E-state index contributed by atoms with van der Waals surface area (Å²) in [6, 6.07) is 12.3. The predicted octanol–water partition coefficient (Wildman–Crippen LogP) is 4.67. The van der Waals surface area contributed by atoms with Crippen LogP contribution in [0.1, 0.15) is 37.6 Å². The molecule has 128 valence electrons. The van der Waals surface area contributed by atoms with Crippen LogP contribution in [-0.4, -0.2) is 15.9 Å². The molecule has 3 aromatic rings. The van der Waals surface area contributed by atoms with Crippen LogP contribution < -0.4 is 4.80 Å². The number of hydrogen-bond donors (Lipinski definition) is 0. The molecule has 0 spiro atoms. The van der Waals surface area contributed by atoms with Crippen LogP contribution in [0.5, 0.6) is 0 Å². The van der Waals surface area contributed by atoms with Gasteiger partial charge in [-0.3, -0.25) is 4.98 Å². The van der Waals surface area contributed by atoms with Crippen molar-refractivity contribution in [1.82, 2.24) is 9.66 Å². The van der Waals surface area contributed by atoms with Crippen LogP contribution in [0.15, 0.2) is 64.3 Å². The first kappa shape index (κ1) is 17.3. The number of aromatic nitrogens is 2. The Morgan fingerprint density at radius 2 is 1.88 bits per heavy atom. The van der Waals surface area contributed by atoms with Gasteiger partial charge >= 0.3 is 0 Å². The van der Waals surface area contributed by atoms with Gasteiger partial charge in [0, 0.05) is 11.6 Å². The average Bonchev–Trinajstić information content (AvgIpc) is 2.93. The standard InChI is InChI=1S/C20H22N4S/c1-15-14-25-19(23-18-6-5-11-21-13-18)24(15)22-12-16-7-9-17(10-8-16)20(2,3)4/h5-14H,1-4H3. The maximum absolute atomic E-state index is 4.63. The maximum atomic E-state index is 4.63. The zero-order chi connectivity index (χ0) is 17.9. The molecule has 3 rings (SSSR count). The lowest BCUT2D eigenvalue weighted by Gasteiger charge is -2.18. The van der Waals surface area contributed by atoms with Crippen molar-refractivity contribution in [3.8, 4) is 0 Å². The molecule has 0 bridgehead atoms. The number of benzene rings is 1. The molecule has 25 heavy (non-hydrogen) atoms. The Morgan fingerprint density at radius 1 is 1.12 bits per heavy atom. The zero-order valence-corrected chi connectivity index (χ0v) is 15.8. The molecule has 0 aliphatic carbocycles. The predicted molar refractivity (Wildman–Crippen MR) is 105 cm³/mol. The van der Waals surface area contributed by atoms with Gasteiger partial charge in [0.05, 0.1) is 23.8 Å². The Kier molecular flexibility index (Phi) is 4.95. The molecule has 0 unspecified atom stereocenters. The molecule has 0 amide bonds. The van der Waals surface area contributed by atoms with Gasteiger partial charge in [0.1, 0.15) is 0 Å².